The number of hydrogen-bond donors (Lipinski definition) is 2. The SMILES string of the molecule is CSc1nc(NC2(C)CC2)c2c(=O)[nH]ccc2n1. The summed E-state index contributed by atoms with van der Waals surface area (Å²) in [5.41, 5.74) is 0.621. The number of aromatic nitrogens is 3. The Bertz CT molecular complexity index is 663. The van der Waals surface area contributed by atoms with E-state index in [1.165, 1.54) is 11.8 Å². The lowest BCUT2D eigenvalue weighted by Crippen LogP contribution is -2.20. The smallest absolute Gasteiger partial charge is 0.261 e. The van der Waals surface area contributed by atoms with E-state index in [4.69, 9.17) is 0 Å². The van der Waals surface area contributed by atoms with Gasteiger partial charge in [-0.3, -0.25) is 4.79 Å². The molecule has 1 aliphatic rings. The number of anilines is 1. The van der Waals surface area contributed by atoms with Crippen molar-refractivity contribution in [2.45, 2.75) is 30.5 Å². The van der Waals surface area contributed by atoms with E-state index in [9.17, 15) is 4.79 Å². The minimum absolute atomic E-state index is 0.0826. The molecule has 0 radical (unpaired) electrons. The van der Waals surface area contributed by atoms with Crippen molar-refractivity contribution in [1.29, 1.82) is 0 Å². The van der Waals surface area contributed by atoms with Crippen LogP contribution in [0.1, 0.15) is 19.8 Å². The number of hydrogen-bond acceptors (Lipinski definition) is 5. The lowest BCUT2D eigenvalue weighted by molar-refractivity contribution is 0.814. The van der Waals surface area contributed by atoms with E-state index in [1.807, 2.05) is 6.26 Å². The molecule has 2 heterocycles. The van der Waals surface area contributed by atoms with Crippen molar-refractivity contribution < 1.29 is 0 Å². The highest BCUT2D eigenvalue weighted by atomic mass is 32.2. The van der Waals surface area contributed by atoms with Crippen LogP contribution in [0.4, 0.5) is 5.82 Å². The molecule has 3 rings (SSSR count). The first-order valence-electron chi connectivity index (χ1n) is 5.83. The highest BCUT2D eigenvalue weighted by Crippen LogP contribution is 2.38. The predicted octanol–water partition coefficient (Wildman–Crippen LogP) is 2.00. The minimum atomic E-state index is -0.146. The zero-order chi connectivity index (χ0) is 12.8. The van der Waals surface area contributed by atoms with Crippen LogP contribution in [0.2, 0.25) is 0 Å². The van der Waals surface area contributed by atoms with Crippen molar-refractivity contribution in [3.05, 3.63) is 22.6 Å². The second-order valence-electron chi connectivity index (χ2n) is 4.81. The molecule has 94 valence electrons. The van der Waals surface area contributed by atoms with Crippen LogP contribution in [0.15, 0.2) is 22.2 Å². The van der Waals surface area contributed by atoms with Gasteiger partial charge in [0.05, 0.1) is 5.52 Å². The summed E-state index contributed by atoms with van der Waals surface area (Å²) in [5, 5.41) is 4.59. The summed E-state index contributed by atoms with van der Waals surface area (Å²) < 4.78 is 0. The molecule has 2 N–H and O–H groups in total. The van der Waals surface area contributed by atoms with Gasteiger partial charge in [0.15, 0.2) is 5.16 Å². The summed E-state index contributed by atoms with van der Waals surface area (Å²) in [6.07, 6.45) is 5.76. The Labute approximate surface area is 108 Å². The molecular formula is C12H14N4OS. The highest BCUT2D eigenvalue weighted by Gasteiger charge is 2.38. The zero-order valence-corrected chi connectivity index (χ0v) is 11.1. The molecule has 6 heteroatoms. The normalized spacial score (nSPS) is 16.8. The predicted molar refractivity (Wildman–Crippen MR) is 73.2 cm³/mol. The van der Waals surface area contributed by atoms with Crippen LogP contribution in [-0.2, 0) is 0 Å². The Morgan fingerprint density at radius 2 is 2.22 bits per heavy atom. The van der Waals surface area contributed by atoms with Crippen molar-refractivity contribution in [1.82, 2.24) is 15.0 Å². The standard InChI is InChI=1S/C12H14N4OS/c1-12(4-5-12)16-9-8-7(3-6-13-10(8)17)14-11(15-9)18-2/h3,6H,4-5H2,1-2H3,(H,13,17)(H,14,15,16). The third-order valence-electron chi connectivity index (χ3n) is 3.20. The minimum Gasteiger partial charge on any atom is -0.364 e. The lowest BCUT2D eigenvalue weighted by atomic mass is 10.2. The molecule has 1 fully saturated rings. The van der Waals surface area contributed by atoms with E-state index in [0.29, 0.717) is 21.9 Å². The van der Waals surface area contributed by atoms with Crippen LogP contribution in [0.25, 0.3) is 10.9 Å². The fraction of sp³-hybridized carbons (Fsp3) is 0.417. The Kier molecular flexibility index (Phi) is 2.55. The largest absolute Gasteiger partial charge is 0.364 e. The number of fused-ring (bicyclic) bond motifs is 1. The summed E-state index contributed by atoms with van der Waals surface area (Å²) in [6.45, 7) is 2.14. The van der Waals surface area contributed by atoms with Crippen LogP contribution >= 0.6 is 11.8 Å². The fourth-order valence-corrected chi connectivity index (χ4v) is 2.22. The van der Waals surface area contributed by atoms with Gasteiger partial charge >= 0.3 is 0 Å². The molecule has 2 aromatic heterocycles. The zero-order valence-electron chi connectivity index (χ0n) is 10.3. The maximum Gasteiger partial charge on any atom is 0.261 e. The molecule has 0 atom stereocenters. The molecule has 0 aromatic carbocycles. The number of nitrogens with one attached hydrogen (secondary N) is 2. The van der Waals surface area contributed by atoms with Crippen LogP contribution in [0, 0.1) is 0 Å². The van der Waals surface area contributed by atoms with Crippen molar-refractivity contribution in [3.8, 4) is 0 Å². The molecule has 0 bridgehead atoms. The Balaban J connectivity index is 2.22. The van der Waals surface area contributed by atoms with Gasteiger partial charge in [-0.05, 0) is 32.1 Å². The van der Waals surface area contributed by atoms with Crippen LogP contribution in [0.5, 0.6) is 0 Å². The van der Waals surface area contributed by atoms with Gasteiger partial charge in [-0.1, -0.05) is 11.8 Å². The molecule has 0 unspecified atom stereocenters. The second-order valence-corrected chi connectivity index (χ2v) is 5.59. The fourth-order valence-electron chi connectivity index (χ4n) is 1.85. The van der Waals surface area contributed by atoms with E-state index in [-0.39, 0.29) is 11.1 Å². The average Bonchev–Trinajstić information content (AvgIpc) is 3.06. The third kappa shape index (κ3) is 1.96. The number of aromatic amines is 1. The average molecular weight is 262 g/mol. The number of rotatable bonds is 3. The molecule has 18 heavy (non-hydrogen) atoms. The number of nitrogens with zero attached hydrogens (tertiary/aromatic N) is 2. The van der Waals surface area contributed by atoms with E-state index in [1.54, 1.807) is 12.3 Å². The molecule has 0 amide bonds. The quantitative estimate of drug-likeness (QED) is 0.654. The van der Waals surface area contributed by atoms with Gasteiger partial charge in [-0.15, -0.1) is 0 Å². The van der Waals surface area contributed by atoms with Crippen LogP contribution < -0.4 is 10.9 Å². The van der Waals surface area contributed by atoms with E-state index in [0.717, 1.165) is 12.8 Å². The van der Waals surface area contributed by atoms with E-state index >= 15 is 0 Å². The highest BCUT2D eigenvalue weighted by molar-refractivity contribution is 7.98. The number of H-pyrrole nitrogens is 1. The number of pyridine rings is 1. The molecule has 1 aliphatic carbocycles. The molecule has 2 aromatic rings. The number of thioether (sulfide) groups is 1. The molecule has 0 spiro atoms. The molecular weight excluding hydrogens is 248 g/mol. The first-order chi connectivity index (χ1) is 8.61. The summed E-state index contributed by atoms with van der Waals surface area (Å²) in [5.74, 6) is 0.645. The van der Waals surface area contributed by atoms with Crippen molar-refractivity contribution in [3.63, 3.8) is 0 Å². The summed E-state index contributed by atoms with van der Waals surface area (Å²) in [4.78, 5) is 23.4. The van der Waals surface area contributed by atoms with Crippen molar-refractivity contribution >= 4 is 28.5 Å². The summed E-state index contributed by atoms with van der Waals surface area (Å²) in [7, 11) is 0. The van der Waals surface area contributed by atoms with Gasteiger partial charge < -0.3 is 10.3 Å². The molecule has 0 saturated heterocycles. The Morgan fingerprint density at radius 1 is 1.44 bits per heavy atom. The summed E-state index contributed by atoms with van der Waals surface area (Å²) in [6, 6.07) is 1.80. The monoisotopic (exact) mass is 262 g/mol. The van der Waals surface area contributed by atoms with Crippen molar-refractivity contribution in [2.24, 2.45) is 0 Å². The Hall–Kier alpha value is -1.56. The Morgan fingerprint density at radius 3 is 2.89 bits per heavy atom. The van der Waals surface area contributed by atoms with E-state index in [2.05, 4.69) is 27.2 Å². The van der Waals surface area contributed by atoms with Gasteiger partial charge in [0.2, 0.25) is 0 Å². The molecule has 5 nitrogen and oxygen atoms in total. The maximum atomic E-state index is 11.9. The topological polar surface area (TPSA) is 70.7 Å². The van der Waals surface area contributed by atoms with Crippen LogP contribution in [0.3, 0.4) is 0 Å². The lowest BCUT2D eigenvalue weighted by Gasteiger charge is -2.14. The first kappa shape index (κ1) is 11.5. The molecule has 1 saturated carbocycles. The third-order valence-corrected chi connectivity index (χ3v) is 3.75. The van der Waals surface area contributed by atoms with Crippen LogP contribution in [-0.4, -0.2) is 26.7 Å². The van der Waals surface area contributed by atoms with E-state index < -0.39 is 0 Å². The second kappa shape index (κ2) is 3.98. The molecule has 0 aliphatic heterocycles. The van der Waals surface area contributed by atoms with Gasteiger partial charge in [0.25, 0.3) is 5.56 Å². The summed E-state index contributed by atoms with van der Waals surface area (Å²) >= 11 is 1.48. The van der Waals surface area contributed by atoms with Gasteiger partial charge in [0.1, 0.15) is 11.2 Å². The van der Waals surface area contributed by atoms with Gasteiger partial charge in [0, 0.05) is 11.7 Å². The van der Waals surface area contributed by atoms with Gasteiger partial charge in [-0.25, -0.2) is 9.97 Å². The van der Waals surface area contributed by atoms with Gasteiger partial charge in [-0.2, -0.15) is 0 Å². The van der Waals surface area contributed by atoms with Crippen molar-refractivity contribution in [2.75, 3.05) is 11.6 Å². The maximum absolute atomic E-state index is 11.9. The first-order valence-corrected chi connectivity index (χ1v) is 7.05.